The summed E-state index contributed by atoms with van der Waals surface area (Å²) in [5.74, 6) is 0.152. The van der Waals surface area contributed by atoms with E-state index in [-0.39, 0.29) is 24.0 Å². The Morgan fingerprint density at radius 3 is 2.50 bits per heavy atom. The van der Waals surface area contributed by atoms with Gasteiger partial charge in [-0.05, 0) is 61.5 Å². The Hall–Kier alpha value is -4.11. The highest BCUT2D eigenvalue weighted by Crippen LogP contribution is 2.29. The molecule has 1 amide bonds. The van der Waals surface area contributed by atoms with Crippen LogP contribution in [0.25, 0.3) is 17.1 Å². The van der Waals surface area contributed by atoms with Crippen LogP contribution < -0.4 is 5.32 Å². The van der Waals surface area contributed by atoms with Crippen LogP contribution in [-0.2, 0) is 9.53 Å². The molecule has 0 saturated carbocycles. The average Bonchev–Trinajstić information content (AvgIpc) is 3.28. The molecule has 0 aliphatic heterocycles. The number of ether oxygens (including phenoxy) is 1. The first-order chi connectivity index (χ1) is 16.5. The third-order valence-corrected chi connectivity index (χ3v) is 5.69. The SMILES string of the molecule is CCOC(=O)c1cccc(NC(=O)CSc2nnc(-c3ccc(O)cc3)n2-c2ccccc2)c1. The van der Waals surface area contributed by atoms with Crippen molar-refractivity contribution in [2.75, 3.05) is 17.7 Å². The number of benzene rings is 3. The summed E-state index contributed by atoms with van der Waals surface area (Å²) in [7, 11) is 0. The zero-order valence-corrected chi connectivity index (χ0v) is 19.2. The van der Waals surface area contributed by atoms with Crippen LogP contribution in [0.5, 0.6) is 5.75 Å². The second-order valence-corrected chi connectivity index (χ2v) is 8.10. The molecule has 3 aromatic carbocycles. The van der Waals surface area contributed by atoms with Gasteiger partial charge < -0.3 is 15.2 Å². The molecule has 0 bridgehead atoms. The number of thioether (sulfide) groups is 1. The molecule has 4 rings (SSSR count). The molecule has 0 spiro atoms. The molecule has 0 fully saturated rings. The minimum absolute atomic E-state index is 0.0875. The van der Waals surface area contributed by atoms with E-state index in [0.717, 1.165) is 11.3 Å². The van der Waals surface area contributed by atoms with E-state index >= 15 is 0 Å². The molecule has 0 unspecified atom stereocenters. The Morgan fingerprint density at radius 1 is 1.00 bits per heavy atom. The first kappa shape index (κ1) is 23.1. The number of amides is 1. The van der Waals surface area contributed by atoms with Gasteiger partial charge in [-0.25, -0.2) is 4.79 Å². The van der Waals surface area contributed by atoms with Gasteiger partial charge >= 0.3 is 5.97 Å². The summed E-state index contributed by atoms with van der Waals surface area (Å²) >= 11 is 1.24. The number of hydrogen-bond acceptors (Lipinski definition) is 7. The van der Waals surface area contributed by atoms with Gasteiger partial charge in [0.1, 0.15) is 5.75 Å². The second kappa shape index (κ2) is 10.7. The number of rotatable bonds is 8. The molecule has 1 aromatic heterocycles. The normalized spacial score (nSPS) is 10.6. The first-order valence-corrected chi connectivity index (χ1v) is 11.5. The fourth-order valence-electron chi connectivity index (χ4n) is 3.24. The zero-order chi connectivity index (χ0) is 23.9. The van der Waals surface area contributed by atoms with Gasteiger partial charge in [-0.15, -0.1) is 10.2 Å². The molecule has 0 atom stereocenters. The molecule has 2 N–H and O–H groups in total. The number of carbonyl (C=O) groups is 2. The van der Waals surface area contributed by atoms with Crippen molar-refractivity contribution in [2.45, 2.75) is 12.1 Å². The van der Waals surface area contributed by atoms with Crippen molar-refractivity contribution in [3.8, 4) is 22.8 Å². The lowest BCUT2D eigenvalue weighted by Gasteiger charge is -2.11. The molecule has 0 radical (unpaired) electrons. The summed E-state index contributed by atoms with van der Waals surface area (Å²) in [5, 5.41) is 21.6. The van der Waals surface area contributed by atoms with Crippen molar-refractivity contribution in [1.29, 1.82) is 0 Å². The van der Waals surface area contributed by atoms with E-state index in [1.165, 1.54) is 11.8 Å². The van der Waals surface area contributed by atoms with Gasteiger partial charge in [0.2, 0.25) is 5.91 Å². The van der Waals surface area contributed by atoms with Gasteiger partial charge in [-0.1, -0.05) is 36.0 Å². The van der Waals surface area contributed by atoms with Crippen LogP contribution in [0.2, 0.25) is 0 Å². The van der Waals surface area contributed by atoms with Gasteiger partial charge in [-0.2, -0.15) is 0 Å². The lowest BCUT2D eigenvalue weighted by Crippen LogP contribution is -2.15. The summed E-state index contributed by atoms with van der Waals surface area (Å²) in [6.07, 6.45) is 0. The molecule has 0 saturated heterocycles. The molecule has 0 aliphatic carbocycles. The van der Waals surface area contributed by atoms with Crippen LogP contribution in [0.4, 0.5) is 5.69 Å². The maximum absolute atomic E-state index is 12.6. The van der Waals surface area contributed by atoms with Crippen LogP contribution in [0.1, 0.15) is 17.3 Å². The standard InChI is InChI=1S/C25H22N4O4S/c1-2-33-24(32)18-7-6-8-19(15-18)26-22(31)16-34-25-28-27-23(17-11-13-21(30)14-12-17)29(25)20-9-4-3-5-10-20/h3-15,30H,2,16H2,1H3,(H,26,31). The van der Waals surface area contributed by atoms with E-state index in [9.17, 15) is 14.7 Å². The summed E-state index contributed by atoms with van der Waals surface area (Å²) in [6, 6.07) is 22.9. The van der Waals surface area contributed by atoms with Crippen LogP contribution >= 0.6 is 11.8 Å². The van der Waals surface area contributed by atoms with E-state index in [1.54, 1.807) is 55.5 Å². The number of anilines is 1. The van der Waals surface area contributed by atoms with Crippen molar-refractivity contribution in [2.24, 2.45) is 0 Å². The lowest BCUT2D eigenvalue weighted by atomic mass is 10.2. The molecular weight excluding hydrogens is 452 g/mol. The van der Waals surface area contributed by atoms with E-state index in [1.807, 2.05) is 34.9 Å². The minimum atomic E-state index is -0.439. The smallest absolute Gasteiger partial charge is 0.338 e. The van der Waals surface area contributed by atoms with Gasteiger partial charge in [0.05, 0.1) is 17.9 Å². The molecule has 4 aromatic rings. The number of aromatic nitrogens is 3. The minimum Gasteiger partial charge on any atom is -0.508 e. The highest BCUT2D eigenvalue weighted by atomic mass is 32.2. The first-order valence-electron chi connectivity index (χ1n) is 10.5. The number of aromatic hydroxyl groups is 1. The predicted molar refractivity (Wildman–Crippen MR) is 130 cm³/mol. The summed E-state index contributed by atoms with van der Waals surface area (Å²) in [4.78, 5) is 24.6. The average molecular weight is 475 g/mol. The van der Waals surface area contributed by atoms with Crippen LogP contribution in [0, 0.1) is 0 Å². The fraction of sp³-hybridized carbons (Fsp3) is 0.120. The van der Waals surface area contributed by atoms with Crippen LogP contribution in [0.3, 0.4) is 0 Å². The quantitative estimate of drug-likeness (QED) is 0.285. The highest BCUT2D eigenvalue weighted by molar-refractivity contribution is 7.99. The molecular formula is C25H22N4O4S. The van der Waals surface area contributed by atoms with Crippen molar-refractivity contribution in [3.05, 3.63) is 84.4 Å². The number of hydrogen-bond donors (Lipinski definition) is 2. The molecule has 1 heterocycles. The van der Waals surface area contributed by atoms with Crippen LogP contribution in [0.15, 0.2) is 84.0 Å². The number of esters is 1. The van der Waals surface area contributed by atoms with Crippen molar-refractivity contribution >= 4 is 29.3 Å². The van der Waals surface area contributed by atoms with E-state index in [4.69, 9.17) is 4.74 Å². The Bertz CT molecular complexity index is 1290. The largest absolute Gasteiger partial charge is 0.508 e. The predicted octanol–water partition coefficient (Wildman–Crippen LogP) is 4.55. The van der Waals surface area contributed by atoms with Crippen molar-refractivity contribution < 1.29 is 19.4 Å². The fourth-order valence-corrected chi connectivity index (χ4v) is 3.99. The maximum atomic E-state index is 12.6. The number of para-hydroxylation sites is 1. The van der Waals surface area contributed by atoms with Gasteiger partial charge in [0, 0.05) is 16.9 Å². The zero-order valence-electron chi connectivity index (χ0n) is 18.3. The van der Waals surface area contributed by atoms with Crippen molar-refractivity contribution in [1.82, 2.24) is 14.8 Å². The molecule has 0 aliphatic rings. The van der Waals surface area contributed by atoms with Gasteiger partial charge in [0.15, 0.2) is 11.0 Å². The number of nitrogens with one attached hydrogen (secondary N) is 1. The maximum Gasteiger partial charge on any atom is 0.338 e. The van der Waals surface area contributed by atoms with E-state index in [0.29, 0.717) is 22.2 Å². The van der Waals surface area contributed by atoms with Crippen LogP contribution in [-0.4, -0.2) is 44.1 Å². The molecule has 9 heteroatoms. The molecule has 34 heavy (non-hydrogen) atoms. The monoisotopic (exact) mass is 474 g/mol. The number of nitrogens with zero attached hydrogens (tertiary/aromatic N) is 3. The summed E-state index contributed by atoms with van der Waals surface area (Å²) < 4.78 is 6.87. The topological polar surface area (TPSA) is 106 Å². The van der Waals surface area contributed by atoms with Gasteiger partial charge in [-0.3, -0.25) is 9.36 Å². The highest BCUT2D eigenvalue weighted by Gasteiger charge is 2.17. The third kappa shape index (κ3) is 5.44. The number of phenolic OH excluding ortho intramolecular Hbond substituents is 1. The van der Waals surface area contributed by atoms with Crippen molar-refractivity contribution in [3.63, 3.8) is 0 Å². The Morgan fingerprint density at radius 2 is 1.76 bits per heavy atom. The second-order valence-electron chi connectivity index (χ2n) is 7.16. The van der Waals surface area contributed by atoms with Gasteiger partial charge in [0.25, 0.3) is 0 Å². The third-order valence-electron chi connectivity index (χ3n) is 4.76. The summed E-state index contributed by atoms with van der Waals surface area (Å²) in [6.45, 7) is 2.02. The Labute approximate surface area is 200 Å². The van der Waals surface area contributed by atoms with E-state index < -0.39 is 5.97 Å². The Kier molecular flexibility index (Phi) is 7.24. The summed E-state index contributed by atoms with van der Waals surface area (Å²) in [5.41, 5.74) is 2.50. The lowest BCUT2D eigenvalue weighted by molar-refractivity contribution is -0.113. The number of carbonyl (C=O) groups excluding carboxylic acids is 2. The molecule has 172 valence electrons. The van der Waals surface area contributed by atoms with E-state index in [2.05, 4.69) is 15.5 Å². The Balaban J connectivity index is 1.52. The number of phenols is 1. The molecule has 8 nitrogen and oxygen atoms in total.